The Balaban J connectivity index is 2.42. The zero-order valence-electron chi connectivity index (χ0n) is 8.96. The third-order valence-electron chi connectivity index (χ3n) is 2.17. The first kappa shape index (κ1) is 11.3. The molecule has 0 aliphatic carbocycles. The van der Waals surface area contributed by atoms with Crippen molar-refractivity contribution in [3.8, 4) is 11.4 Å². The molecule has 0 aliphatic heterocycles. The van der Waals surface area contributed by atoms with Crippen LogP contribution >= 0.6 is 15.9 Å². The molecular formula is C11H11BrFN3. The predicted octanol–water partition coefficient (Wildman–Crippen LogP) is 3.50. The predicted molar refractivity (Wildman–Crippen MR) is 63.6 cm³/mol. The first-order valence-electron chi connectivity index (χ1n) is 4.95. The normalized spacial score (nSPS) is 11.1. The molecule has 0 unspecified atom stereocenters. The van der Waals surface area contributed by atoms with Crippen LogP contribution in [0.25, 0.3) is 11.4 Å². The summed E-state index contributed by atoms with van der Waals surface area (Å²) in [5.74, 6) is 1.29. The van der Waals surface area contributed by atoms with E-state index in [-0.39, 0.29) is 11.7 Å². The monoisotopic (exact) mass is 283 g/mol. The van der Waals surface area contributed by atoms with Crippen molar-refractivity contribution in [1.82, 2.24) is 15.2 Å². The number of hydrogen-bond donors (Lipinski definition) is 1. The van der Waals surface area contributed by atoms with Gasteiger partial charge in [0.15, 0.2) is 5.82 Å². The number of halogens is 2. The lowest BCUT2D eigenvalue weighted by Crippen LogP contribution is -1.89. The summed E-state index contributed by atoms with van der Waals surface area (Å²) in [6.45, 7) is 4.04. The van der Waals surface area contributed by atoms with Gasteiger partial charge >= 0.3 is 0 Å². The van der Waals surface area contributed by atoms with E-state index in [1.54, 1.807) is 6.07 Å². The SMILES string of the molecule is CC(C)c1nc(-c2cc(F)cc(Br)c2)n[nH]1. The van der Waals surface area contributed by atoms with Crippen LogP contribution in [0.2, 0.25) is 0 Å². The van der Waals surface area contributed by atoms with Crippen molar-refractivity contribution in [2.75, 3.05) is 0 Å². The number of hydrogen-bond acceptors (Lipinski definition) is 2. The van der Waals surface area contributed by atoms with E-state index in [0.29, 0.717) is 15.9 Å². The highest BCUT2D eigenvalue weighted by molar-refractivity contribution is 9.10. The van der Waals surface area contributed by atoms with Gasteiger partial charge in [0.2, 0.25) is 0 Å². The smallest absolute Gasteiger partial charge is 0.181 e. The zero-order valence-corrected chi connectivity index (χ0v) is 10.5. The molecule has 2 aromatic rings. The van der Waals surface area contributed by atoms with Crippen molar-refractivity contribution in [2.45, 2.75) is 19.8 Å². The van der Waals surface area contributed by atoms with E-state index >= 15 is 0 Å². The van der Waals surface area contributed by atoms with Gasteiger partial charge in [-0.05, 0) is 18.2 Å². The largest absolute Gasteiger partial charge is 0.262 e. The van der Waals surface area contributed by atoms with E-state index in [1.165, 1.54) is 12.1 Å². The van der Waals surface area contributed by atoms with Crippen molar-refractivity contribution in [3.63, 3.8) is 0 Å². The number of benzene rings is 1. The molecule has 1 N–H and O–H groups in total. The maximum atomic E-state index is 13.2. The number of nitrogens with zero attached hydrogens (tertiary/aromatic N) is 2. The van der Waals surface area contributed by atoms with Gasteiger partial charge in [0.05, 0.1) is 0 Å². The maximum absolute atomic E-state index is 13.2. The summed E-state index contributed by atoms with van der Waals surface area (Å²) >= 11 is 3.24. The molecule has 0 saturated carbocycles. The van der Waals surface area contributed by atoms with Crippen molar-refractivity contribution in [2.24, 2.45) is 0 Å². The van der Waals surface area contributed by atoms with Gasteiger partial charge in [-0.1, -0.05) is 29.8 Å². The average molecular weight is 284 g/mol. The van der Waals surface area contributed by atoms with Gasteiger partial charge in [0.25, 0.3) is 0 Å². The summed E-state index contributed by atoms with van der Waals surface area (Å²) in [4.78, 5) is 4.31. The Kier molecular flexibility index (Phi) is 3.05. The van der Waals surface area contributed by atoms with Crippen molar-refractivity contribution >= 4 is 15.9 Å². The van der Waals surface area contributed by atoms with Gasteiger partial charge < -0.3 is 0 Å². The average Bonchev–Trinajstić information content (AvgIpc) is 2.64. The highest BCUT2D eigenvalue weighted by Crippen LogP contribution is 2.22. The molecule has 2 rings (SSSR count). The molecule has 1 heterocycles. The third kappa shape index (κ3) is 2.29. The minimum atomic E-state index is -0.305. The summed E-state index contributed by atoms with van der Waals surface area (Å²) < 4.78 is 13.9. The Bertz CT molecular complexity index is 487. The van der Waals surface area contributed by atoms with E-state index in [0.717, 1.165) is 5.82 Å². The summed E-state index contributed by atoms with van der Waals surface area (Å²) in [7, 11) is 0. The van der Waals surface area contributed by atoms with E-state index < -0.39 is 0 Å². The molecule has 84 valence electrons. The molecule has 5 heteroatoms. The molecule has 0 bridgehead atoms. The highest BCUT2D eigenvalue weighted by Gasteiger charge is 2.09. The lowest BCUT2D eigenvalue weighted by molar-refractivity contribution is 0.627. The number of H-pyrrole nitrogens is 1. The molecule has 0 atom stereocenters. The Morgan fingerprint density at radius 1 is 1.31 bits per heavy atom. The van der Waals surface area contributed by atoms with E-state index in [1.807, 2.05) is 13.8 Å². The van der Waals surface area contributed by atoms with Crippen LogP contribution in [0, 0.1) is 5.82 Å². The molecule has 0 spiro atoms. The van der Waals surface area contributed by atoms with E-state index in [2.05, 4.69) is 31.1 Å². The van der Waals surface area contributed by atoms with Crippen molar-refractivity contribution in [3.05, 3.63) is 34.3 Å². The zero-order chi connectivity index (χ0) is 11.7. The fourth-order valence-electron chi connectivity index (χ4n) is 1.34. The highest BCUT2D eigenvalue weighted by atomic mass is 79.9. The van der Waals surface area contributed by atoms with Crippen LogP contribution in [-0.2, 0) is 0 Å². The summed E-state index contributed by atoms with van der Waals surface area (Å²) in [6.07, 6.45) is 0. The second-order valence-electron chi connectivity index (χ2n) is 3.86. The quantitative estimate of drug-likeness (QED) is 0.917. The molecule has 3 nitrogen and oxygen atoms in total. The molecule has 0 aliphatic rings. The van der Waals surface area contributed by atoms with Crippen molar-refractivity contribution < 1.29 is 4.39 Å². The Labute approximate surface area is 101 Å². The lowest BCUT2D eigenvalue weighted by Gasteiger charge is -1.98. The standard InChI is InChI=1S/C11H11BrFN3/c1-6(2)10-14-11(16-15-10)7-3-8(12)5-9(13)4-7/h3-6H,1-2H3,(H,14,15,16). The number of aromatic amines is 1. The second-order valence-corrected chi connectivity index (χ2v) is 4.77. The van der Waals surface area contributed by atoms with Gasteiger partial charge in [0.1, 0.15) is 11.6 Å². The molecule has 16 heavy (non-hydrogen) atoms. The van der Waals surface area contributed by atoms with Gasteiger partial charge in [-0.3, -0.25) is 5.10 Å². The van der Waals surface area contributed by atoms with Gasteiger partial charge in [-0.2, -0.15) is 5.10 Å². The lowest BCUT2D eigenvalue weighted by atomic mass is 10.2. The number of nitrogens with one attached hydrogen (secondary N) is 1. The van der Waals surface area contributed by atoms with Gasteiger partial charge in [-0.25, -0.2) is 9.37 Å². The molecular weight excluding hydrogens is 273 g/mol. The third-order valence-corrected chi connectivity index (χ3v) is 2.63. The minimum Gasteiger partial charge on any atom is -0.262 e. The molecule has 1 aromatic heterocycles. The van der Waals surface area contributed by atoms with Gasteiger partial charge in [0, 0.05) is 16.0 Å². The van der Waals surface area contributed by atoms with E-state index in [4.69, 9.17) is 0 Å². The van der Waals surface area contributed by atoms with Crippen molar-refractivity contribution in [1.29, 1.82) is 0 Å². The molecule has 0 fully saturated rings. The van der Waals surface area contributed by atoms with Crippen LogP contribution in [-0.4, -0.2) is 15.2 Å². The number of aromatic nitrogens is 3. The van der Waals surface area contributed by atoms with Crippen LogP contribution in [0.5, 0.6) is 0 Å². The minimum absolute atomic E-state index is 0.276. The molecule has 0 amide bonds. The fraction of sp³-hybridized carbons (Fsp3) is 0.273. The van der Waals surface area contributed by atoms with Crippen LogP contribution < -0.4 is 0 Å². The molecule has 1 aromatic carbocycles. The Hall–Kier alpha value is -1.23. The topological polar surface area (TPSA) is 41.6 Å². The maximum Gasteiger partial charge on any atom is 0.181 e. The van der Waals surface area contributed by atoms with Crippen LogP contribution in [0.15, 0.2) is 22.7 Å². The summed E-state index contributed by atoms with van der Waals surface area (Å²) in [5, 5.41) is 6.91. The van der Waals surface area contributed by atoms with Crippen LogP contribution in [0.3, 0.4) is 0 Å². The van der Waals surface area contributed by atoms with Gasteiger partial charge in [-0.15, -0.1) is 0 Å². The Morgan fingerprint density at radius 3 is 2.62 bits per heavy atom. The fourth-order valence-corrected chi connectivity index (χ4v) is 1.81. The van der Waals surface area contributed by atoms with Crippen LogP contribution in [0.4, 0.5) is 4.39 Å². The molecule has 0 radical (unpaired) electrons. The summed E-state index contributed by atoms with van der Waals surface area (Å²) in [6, 6.07) is 4.61. The Morgan fingerprint density at radius 2 is 2.06 bits per heavy atom. The number of rotatable bonds is 2. The summed E-state index contributed by atoms with van der Waals surface area (Å²) in [5.41, 5.74) is 0.662. The molecule has 0 saturated heterocycles. The van der Waals surface area contributed by atoms with E-state index in [9.17, 15) is 4.39 Å². The first-order chi connectivity index (χ1) is 7.56. The second kappa shape index (κ2) is 4.33. The first-order valence-corrected chi connectivity index (χ1v) is 5.74. The van der Waals surface area contributed by atoms with Crippen LogP contribution in [0.1, 0.15) is 25.6 Å².